The van der Waals surface area contributed by atoms with Crippen molar-refractivity contribution in [1.82, 2.24) is 4.90 Å². The molecule has 2 aromatic rings. The third-order valence-electron chi connectivity index (χ3n) is 3.97. The number of hydrogen-bond donors (Lipinski definition) is 0. The van der Waals surface area contributed by atoms with Crippen LogP contribution in [0.15, 0.2) is 64.8 Å². The molecule has 0 saturated carbocycles. The van der Waals surface area contributed by atoms with Crippen molar-refractivity contribution in [3.8, 4) is 0 Å². The summed E-state index contributed by atoms with van der Waals surface area (Å²) < 4.78 is 13.1. The van der Waals surface area contributed by atoms with Crippen LogP contribution in [-0.2, 0) is 11.3 Å². The van der Waals surface area contributed by atoms with Crippen LogP contribution in [0.25, 0.3) is 0 Å². The standard InChI is InChI=1S/C20H20FN3OS/c1-2-6-18-19(25)24(14-16-9-11-17(21)12-10-16)20(26-18)23-22-13-15-7-4-3-5-8-15/h3-5,7-13,18H,2,6,14H2,1H3/b22-13+,23-20-. The molecule has 1 saturated heterocycles. The molecule has 2 aromatic carbocycles. The van der Waals surface area contributed by atoms with Crippen LogP contribution in [0.5, 0.6) is 0 Å². The second-order valence-electron chi connectivity index (χ2n) is 5.98. The molecule has 0 spiro atoms. The Morgan fingerprint density at radius 2 is 1.88 bits per heavy atom. The third-order valence-corrected chi connectivity index (χ3v) is 5.21. The van der Waals surface area contributed by atoms with Crippen LogP contribution in [0, 0.1) is 5.82 Å². The van der Waals surface area contributed by atoms with Crippen molar-refractivity contribution in [2.75, 3.05) is 0 Å². The Morgan fingerprint density at radius 1 is 1.15 bits per heavy atom. The van der Waals surface area contributed by atoms with Crippen LogP contribution in [-0.4, -0.2) is 27.4 Å². The van der Waals surface area contributed by atoms with E-state index in [0.717, 1.165) is 24.0 Å². The van der Waals surface area contributed by atoms with E-state index in [1.807, 2.05) is 30.3 Å². The summed E-state index contributed by atoms with van der Waals surface area (Å²) in [5.41, 5.74) is 1.80. The van der Waals surface area contributed by atoms with Crippen molar-refractivity contribution in [3.63, 3.8) is 0 Å². The van der Waals surface area contributed by atoms with Crippen molar-refractivity contribution in [1.29, 1.82) is 0 Å². The molecule has 134 valence electrons. The number of carbonyl (C=O) groups is 1. The van der Waals surface area contributed by atoms with Gasteiger partial charge in [-0.25, -0.2) is 4.39 Å². The van der Waals surface area contributed by atoms with E-state index in [9.17, 15) is 9.18 Å². The molecular formula is C20H20FN3OS. The van der Waals surface area contributed by atoms with Crippen molar-refractivity contribution in [2.45, 2.75) is 31.6 Å². The number of nitrogens with zero attached hydrogens (tertiary/aromatic N) is 3. The summed E-state index contributed by atoms with van der Waals surface area (Å²) in [6.07, 6.45) is 3.39. The number of carbonyl (C=O) groups excluding carboxylic acids is 1. The van der Waals surface area contributed by atoms with Crippen LogP contribution in [0.2, 0.25) is 0 Å². The predicted molar refractivity (Wildman–Crippen MR) is 105 cm³/mol. The lowest BCUT2D eigenvalue weighted by atomic mass is 10.2. The predicted octanol–water partition coefficient (Wildman–Crippen LogP) is 4.46. The topological polar surface area (TPSA) is 45.0 Å². The van der Waals surface area contributed by atoms with Crippen LogP contribution in [0.1, 0.15) is 30.9 Å². The minimum absolute atomic E-state index is 0.0369. The maximum atomic E-state index is 13.1. The lowest BCUT2D eigenvalue weighted by Gasteiger charge is -2.15. The molecular weight excluding hydrogens is 349 g/mol. The maximum Gasteiger partial charge on any atom is 0.242 e. The summed E-state index contributed by atoms with van der Waals surface area (Å²) in [6.45, 7) is 2.42. The van der Waals surface area contributed by atoms with E-state index in [-0.39, 0.29) is 17.0 Å². The van der Waals surface area contributed by atoms with Gasteiger partial charge >= 0.3 is 0 Å². The summed E-state index contributed by atoms with van der Waals surface area (Å²) in [5.74, 6) is -0.254. The molecule has 0 N–H and O–H groups in total. The second-order valence-corrected chi connectivity index (χ2v) is 7.15. The molecule has 1 atom stereocenters. The number of halogens is 1. The molecule has 1 amide bonds. The van der Waals surface area contributed by atoms with Gasteiger partial charge in [0.05, 0.1) is 18.0 Å². The van der Waals surface area contributed by atoms with Gasteiger partial charge < -0.3 is 0 Å². The zero-order chi connectivity index (χ0) is 18.4. The minimum atomic E-state index is -0.291. The minimum Gasteiger partial charge on any atom is -0.284 e. The maximum absolute atomic E-state index is 13.1. The van der Waals surface area contributed by atoms with Crippen molar-refractivity contribution in [3.05, 3.63) is 71.5 Å². The van der Waals surface area contributed by atoms with E-state index in [0.29, 0.717) is 11.7 Å². The first-order chi connectivity index (χ1) is 12.7. The summed E-state index contributed by atoms with van der Waals surface area (Å²) in [6, 6.07) is 15.8. The zero-order valence-corrected chi connectivity index (χ0v) is 15.3. The summed E-state index contributed by atoms with van der Waals surface area (Å²) in [7, 11) is 0. The Morgan fingerprint density at radius 3 is 2.58 bits per heavy atom. The number of amides is 1. The Kier molecular flexibility index (Phi) is 6.17. The van der Waals surface area contributed by atoms with Crippen LogP contribution < -0.4 is 0 Å². The van der Waals surface area contributed by atoms with Gasteiger partial charge in [-0.1, -0.05) is 67.6 Å². The first-order valence-electron chi connectivity index (χ1n) is 8.56. The van der Waals surface area contributed by atoms with Gasteiger partial charge in [0.2, 0.25) is 5.91 Å². The highest BCUT2D eigenvalue weighted by Crippen LogP contribution is 2.31. The van der Waals surface area contributed by atoms with Crippen molar-refractivity contribution >= 4 is 29.1 Å². The fourth-order valence-corrected chi connectivity index (χ4v) is 3.85. The van der Waals surface area contributed by atoms with Gasteiger partial charge in [-0.15, -0.1) is 5.10 Å². The Hall–Kier alpha value is -2.47. The van der Waals surface area contributed by atoms with E-state index in [1.165, 1.54) is 23.9 Å². The average molecular weight is 369 g/mol. The number of benzene rings is 2. The largest absolute Gasteiger partial charge is 0.284 e. The van der Waals surface area contributed by atoms with Crippen LogP contribution in [0.4, 0.5) is 4.39 Å². The van der Waals surface area contributed by atoms with E-state index < -0.39 is 0 Å². The Balaban J connectivity index is 1.79. The van der Waals surface area contributed by atoms with Crippen molar-refractivity contribution < 1.29 is 9.18 Å². The summed E-state index contributed by atoms with van der Waals surface area (Å²) >= 11 is 1.45. The quantitative estimate of drug-likeness (QED) is 0.557. The molecule has 1 heterocycles. The molecule has 1 aliphatic heterocycles. The van der Waals surface area contributed by atoms with Gasteiger partial charge in [0.15, 0.2) is 5.17 Å². The SMILES string of the molecule is CCCC1S/C(=N\N=C\c2ccccc2)N(Cc2ccc(F)cc2)C1=O. The first-order valence-corrected chi connectivity index (χ1v) is 9.44. The molecule has 3 rings (SSSR count). The lowest BCUT2D eigenvalue weighted by molar-refractivity contribution is -0.126. The summed E-state index contributed by atoms with van der Waals surface area (Å²) in [4.78, 5) is 14.3. The highest BCUT2D eigenvalue weighted by Gasteiger charge is 2.37. The van der Waals surface area contributed by atoms with Gasteiger partial charge in [0.1, 0.15) is 5.82 Å². The fraction of sp³-hybridized carbons (Fsp3) is 0.250. The number of hydrogen-bond acceptors (Lipinski definition) is 4. The molecule has 1 aliphatic rings. The third kappa shape index (κ3) is 4.58. The van der Waals surface area contributed by atoms with Gasteiger partial charge in [0, 0.05) is 0 Å². The number of amidine groups is 1. The number of rotatable bonds is 6. The monoisotopic (exact) mass is 369 g/mol. The molecule has 0 aromatic heterocycles. The molecule has 26 heavy (non-hydrogen) atoms. The van der Waals surface area contributed by atoms with E-state index in [2.05, 4.69) is 17.1 Å². The van der Waals surface area contributed by atoms with E-state index >= 15 is 0 Å². The lowest BCUT2D eigenvalue weighted by Crippen LogP contribution is -2.31. The molecule has 0 radical (unpaired) electrons. The first kappa shape index (κ1) is 18.3. The van der Waals surface area contributed by atoms with Gasteiger partial charge in [0.25, 0.3) is 0 Å². The molecule has 1 unspecified atom stereocenters. The molecule has 1 fully saturated rings. The van der Waals surface area contributed by atoms with Crippen LogP contribution >= 0.6 is 11.8 Å². The second kappa shape index (κ2) is 8.76. The fourth-order valence-electron chi connectivity index (χ4n) is 2.63. The van der Waals surface area contributed by atoms with E-state index in [1.54, 1.807) is 23.2 Å². The molecule has 4 nitrogen and oxygen atoms in total. The molecule has 0 aliphatic carbocycles. The van der Waals surface area contributed by atoms with Gasteiger partial charge in [-0.05, 0) is 29.7 Å². The molecule has 6 heteroatoms. The Bertz CT molecular complexity index is 806. The van der Waals surface area contributed by atoms with Crippen LogP contribution in [0.3, 0.4) is 0 Å². The highest BCUT2D eigenvalue weighted by molar-refractivity contribution is 8.15. The average Bonchev–Trinajstić information content (AvgIpc) is 2.94. The summed E-state index contributed by atoms with van der Waals surface area (Å²) in [5, 5.41) is 8.88. The number of thioether (sulfide) groups is 1. The highest BCUT2D eigenvalue weighted by atomic mass is 32.2. The van der Waals surface area contributed by atoms with Crippen molar-refractivity contribution in [2.24, 2.45) is 10.2 Å². The zero-order valence-electron chi connectivity index (χ0n) is 14.5. The van der Waals surface area contributed by atoms with E-state index in [4.69, 9.17) is 0 Å². The Labute approximate surface area is 156 Å². The normalized spacial score (nSPS) is 19.0. The van der Waals surface area contributed by atoms with Gasteiger partial charge in [-0.2, -0.15) is 5.10 Å². The molecule has 0 bridgehead atoms. The smallest absolute Gasteiger partial charge is 0.242 e. The van der Waals surface area contributed by atoms with Gasteiger partial charge in [-0.3, -0.25) is 9.69 Å².